The summed E-state index contributed by atoms with van der Waals surface area (Å²) in [6.07, 6.45) is 6.28. The van der Waals surface area contributed by atoms with E-state index in [1.54, 1.807) is 10.9 Å². The standard InChI is InChI=1S/C16H16N6O/c17-5-11-4-10-2-1-3-14(10)20-16(11)21-8-13(9-21)22-7-12(6-19-22)15(18)23/h4,6-7,13H,1-3,8-9H2,(H2,18,23). The van der Waals surface area contributed by atoms with Crippen molar-refractivity contribution < 1.29 is 4.79 Å². The van der Waals surface area contributed by atoms with Gasteiger partial charge in [0, 0.05) is 25.0 Å². The first kappa shape index (κ1) is 13.8. The maximum absolute atomic E-state index is 11.1. The highest BCUT2D eigenvalue weighted by molar-refractivity contribution is 5.92. The lowest BCUT2D eigenvalue weighted by atomic mass is 10.1. The number of carbonyl (C=O) groups is 1. The molecule has 0 unspecified atom stereocenters. The largest absolute Gasteiger partial charge is 0.366 e. The third kappa shape index (κ3) is 2.23. The zero-order valence-corrected chi connectivity index (χ0v) is 12.6. The van der Waals surface area contributed by atoms with Crippen LogP contribution in [0, 0.1) is 11.3 Å². The lowest BCUT2D eigenvalue weighted by molar-refractivity contribution is 0.1000. The number of nitriles is 1. The fraction of sp³-hybridized carbons (Fsp3) is 0.375. The molecule has 0 aromatic carbocycles. The van der Waals surface area contributed by atoms with Gasteiger partial charge in [0.05, 0.1) is 23.4 Å². The average Bonchev–Trinajstić information content (AvgIpc) is 3.13. The molecule has 2 aliphatic rings. The lowest BCUT2D eigenvalue weighted by Gasteiger charge is -2.40. The van der Waals surface area contributed by atoms with Crippen LogP contribution in [0.5, 0.6) is 0 Å². The number of hydrogen-bond donors (Lipinski definition) is 1. The molecule has 7 heteroatoms. The Hall–Kier alpha value is -2.88. The number of primary amides is 1. The summed E-state index contributed by atoms with van der Waals surface area (Å²) >= 11 is 0. The van der Waals surface area contributed by atoms with Gasteiger partial charge in [-0.05, 0) is 30.9 Å². The Bertz CT molecular complexity index is 828. The summed E-state index contributed by atoms with van der Waals surface area (Å²) in [7, 11) is 0. The van der Waals surface area contributed by atoms with Crippen LogP contribution in [-0.4, -0.2) is 33.8 Å². The highest BCUT2D eigenvalue weighted by Gasteiger charge is 2.32. The van der Waals surface area contributed by atoms with Crippen molar-refractivity contribution in [1.29, 1.82) is 5.26 Å². The smallest absolute Gasteiger partial charge is 0.251 e. The number of pyridine rings is 1. The molecule has 1 amide bonds. The van der Waals surface area contributed by atoms with Gasteiger partial charge in [0.2, 0.25) is 0 Å². The van der Waals surface area contributed by atoms with E-state index < -0.39 is 5.91 Å². The predicted octanol–water partition coefficient (Wildman–Crippen LogP) is 0.799. The number of hydrogen-bond acceptors (Lipinski definition) is 5. The second-order valence-corrected chi connectivity index (χ2v) is 6.06. The van der Waals surface area contributed by atoms with Crippen LogP contribution in [0.4, 0.5) is 5.82 Å². The molecule has 2 aromatic rings. The van der Waals surface area contributed by atoms with E-state index in [1.165, 1.54) is 11.8 Å². The van der Waals surface area contributed by atoms with Crippen LogP contribution in [0.2, 0.25) is 0 Å². The number of aryl methyl sites for hydroxylation is 2. The van der Waals surface area contributed by atoms with E-state index in [9.17, 15) is 10.1 Å². The fourth-order valence-corrected chi connectivity index (χ4v) is 3.25. The Morgan fingerprint density at radius 3 is 2.91 bits per heavy atom. The van der Waals surface area contributed by atoms with Gasteiger partial charge in [-0.2, -0.15) is 10.4 Å². The van der Waals surface area contributed by atoms with Crippen LogP contribution in [0.25, 0.3) is 0 Å². The molecule has 3 heterocycles. The quantitative estimate of drug-likeness (QED) is 0.903. The number of anilines is 1. The van der Waals surface area contributed by atoms with E-state index in [0.29, 0.717) is 11.1 Å². The van der Waals surface area contributed by atoms with Crippen LogP contribution in [0.3, 0.4) is 0 Å². The minimum absolute atomic E-state index is 0.171. The van der Waals surface area contributed by atoms with Gasteiger partial charge in [-0.1, -0.05) is 0 Å². The van der Waals surface area contributed by atoms with Gasteiger partial charge in [0.15, 0.2) is 0 Å². The summed E-state index contributed by atoms with van der Waals surface area (Å²) in [5, 5.41) is 13.6. The Morgan fingerprint density at radius 1 is 1.39 bits per heavy atom. The number of rotatable bonds is 3. The van der Waals surface area contributed by atoms with Crippen molar-refractivity contribution in [3.63, 3.8) is 0 Å². The molecule has 0 saturated carbocycles. The minimum atomic E-state index is -0.473. The normalized spacial score (nSPS) is 16.7. The molecule has 116 valence electrons. The molecule has 1 aliphatic heterocycles. The highest BCUT2D eigenvalue weighted by atomic mass is 16.1. The van der Waals surface area contributed by atoms with Crippen molar-refractivity contribution in [2.45, 2.75) is 25.3 Å². The molecule has 1 fully saturated rings. The van der Waals surface area contributed by atoms with Gasteiger partial charge < -0.3 is 10.6 Å². The van der Waals surface area contributed by atoms with E-state index >= 15 is 0 Å². The van der Waals surface area contributed by atoms with Crippen molar-refractivity contribution in [2.75, 3.05) is 18.0 Å². The number of fused-ring (bicyclic) bond motifs is 1. The number of nitrogens with zero attached hydrogens (tertiary/aromatic N) is 5. The van der Waals surface area contributed by atoms with Crippen LogP contribution in [0.1, 0.15) is 39.6 Å². The van der Waals surface area contributed by atoms with Crippen molar-refractivity contribution in [2.24, 2.45) is 5.73 Å². The Kier molecular flexibility index (Phi) is 3.05. The first-order valence-electron chi connectivity index (χ1n) is 7.67. The molecule has 0 radical (unpaired) electrons. The summed E-state index contributed by atoms with van der Waals surface area (Å²) in [6.45, 7) is 1.45. The first-order valence-corrected chi connectivity index (χ1v) is 7.67. The molecule has 2 N–H and O–H groups in total. The van der Waals surface area contributed by atoms with Crippen LogP contribution >= 0.6 is 0 Å². The van der Waals surface area contributed by atoms with E-state index in [2.05, 4.69) is 16.1 Å². The van der Waals surface area contributed by atoms with E-state index in [4.69, 9.17) is 10.7 Å². The van der Waals surface area contributed by atoms with Gasteiger partial charge in [0.25, 0.3) is 5.91 Å². The van der Waals surface area contributed by atoms with Gasteiger partial charge in [-0.15, -0.1) is 0 Å². The van der Waals surface area contributed by atoms with Gasteiger partial charge in [-0.25, -0.2) is 4.98 Å². The molecule has 7 nitrogen and oxygen atoms in total. The van der Waals surface area contributed by atoms with Crippen LogP contribution in [0.15, 0.2) is 18.5 Å². The van der Waals surface area contributed by atoms with E-state index in [-0.39, 0.29) is 6.04 Å². The molecule has 0 atom stereocenters. The first-order chi connectivity index (χ1) is 11.2. The van der Waals surface area contributed by atoms with Crippen molar-refractivity contribution >= 4 is 11.7 Å². The summed E-state index contributed by atoms with van der Waals surface area (Å²) in [6, 6.07) is 4.41. The van der Waals surface area contributed by atoms with Crippen molar-refractivity contribution in [3.05, 3.63) is 40.8 Å². The zero-order valence-electron chi connectivity index (χ0n) is 12.6. The second-order valence-electron chi connectivity index (χ2n) is 6.06. The number of carbonyl (C=O) groups excluding carboxylic acids is 1. The summed E-state index contributed by atoms with van der Waals surface area (Å²) in [5.74, 6) is 0.297. The van der Waals surface area contributed by atoms with Gasteiger partial charge in [-0.3, -0.25) is 9.48 Å². The molecule has 23 heavy (non-hydrogen) atoms. The van der Waals surface area contributed by atoms with Gasteiger partial charge in [0.1, 0.15) is 11.9 Å². The molecular formula is C16H16N6O. The third-order valence-electron chi connectivity index (χ3n) is 4.57. The SMILES string of the molecule is N#Cc1cc2c(nc1N1CC(n3cc(C(N)=O)cn3)C1)CCC2. The fourth-order valence-electron chi connectivity index (χ4n) is 3.25. The molecule has 4 rings (SSSR count). The average molecular weight is 308 g/mol. The number of amides is 1. The maximum Gasteiger partial charge on any atom is 0.251 e. The third-order valence-corrected chi connectivity index (χ3v) is 4.57. The molecule has 1 aliphatic carbocycles. The molecule has 0 bridgehead atoms. The number of nitrogens with two attached hydrogens (primary N) is 1. The predicted molar refractivity (Wildman–Crippen MR) is 83.0 cm³/mol. The monoisotopic (exact) mass is 308 g/mol. The lowest BCUT2D eigenvalue weighted by Crippen LogP contribution is -2.48. The minimum Gasteiger partial charge on any atom is -0.366 e. The van der Waals surface area contributed by atoms with E-state index in [1.807, 2.05) is 6.07 Å². The zero-order chi connectivity index (χ0) is 16.0. The molecule has 0 spiro atoms. The van der Waals surface area contributed by atoms with E-state index in [0.717, 1.165) is 43.9 Å². The highest BCUT2D eigenvalue weighted by Crippen LogP contribution is 2.32. The Labute approximate surface area is 133 Å². The van der Waals surface area contributed by atoms with Crippen LogP contribution in [-0.2, 0) is 12.8 Å². The number of aromatic nitrogens is 3. The Balaban J connectivity index is 1.53. The summed E-state index contributed by atoms with van der Waals surface area (Å²) in [5.41, 5.74) is 8.63. The second kappa shape index (κ2) is 5.09. The summed E-state index contributed by atoms with van der Waals surface area (Å²) in [4.78, 5) is 17.9. The molecular weight excluding hydrogens is 292 g/mol. The summed E-state index contributed by atoms with van der Waals surface area (Å²) < 4.78 is 1.76. The maximum atomic E-state index is 11.1. The van der Waals surface area contributed by atoms with Gasteiger partial charge >= 0.3 is 0 Å². The molecule has 1 saturated heterocycles. The van der Waals surface area contributed by atoms with Crippen LogP contribution < -0.4 is 10.6 Å². The van der Waals surface area contributed by atoms with Crippen molar-refractivity contribution in [1.82, 2.24) is 14.8 Å². The van der Waals surface area contributed by atoms with Crippen molar-refractivity contribution in [3.8, 4) is 6.07 Å². The topological polar surface area (TPSA) is 101 Å². The Morgan fingerprint density at radius 2 is 2.22 bits per heavy atom. The molecule has 2 aromatic heterocycles.